The molecule has 0 amide bonds. The lowest BCUT2D eigenvalue weighted by Crippen LogP contribution is -2.12. The first-order chi connectivity index (χ1) is 7.10. The highest BCUT2D eigenvalue weighted by Crippen LogP contribution is 2.36. The van der Waals surface area contributed by atoms with E-state index in [1.54, 1.807) is 0 Å². The second-order valence-electron chi connectivity index (χ2n) is 4.42. The molecule has 0 heterocycles. The van der Waals surface area contributed by atoms with E-state index in [2.05, 4.69) is 47.4 Å². The lowest BCUT2D eigenvalue weighted by atomic mass is 9.93. The molecule has 0 bridgehead atoms. The molecule has 0 spiro atoms. The molecular weight excluding hydrogens is 201 g/mol. The third-order valence-electron chi connectivity index (χ3n) is 2.90. The number of hydrogen-bond donors (Lipinski definition) is 1. The van der Waals surface area contributed by atoms with Crippen LogP contribution >= 0.6 is 9.24 Å². The SMILES string of the molecule is CCCCC(C)(P)c1ccc(CN)cc1. The Balaban J connectivity index is 2.75. The zero-order valence-corrected chi connectivity index (χ0v) is 10.9. The third-order valence-corrected chi connectivity index (χ3v) is 3.52. The Labute approximate surface area is 95.7 Å². The van der Waals surface area contributed by atoms with E-state index in [0.29, 0.717) is 6.54 Å². The lowest BCUT2D eigenvalue weighted by molar-refractivity contribution is 0.577. The molecule has 0 radical (unpaired) electrons. The van der Waals surface area contributed by atoms with E-state index in [4.69, 9.17) is 5.73 Å². The van der Waals surface area contributed by atoms with Gasteiger partial charge in [-0.15, -0.1) is 9.24 Å². The molecule has 15 heavy (non-hydrogen) atoms. The van der Waals surface area contributed by atoms with Crippen LogP contribution in [0.5, 0.6) is 0 Å². The van der Waals surface area contributed by atoms with Gasteiger partial charge in [0.1, 0.15) is 0 Å². The normalized spacial score (nSPS) is 14.9. The van der Waals surface area contributed by atoms with Gasteiger partial charge in [-0.1, -0.05) is 51.0 Å². The zero-order valence-electron chi connectivity index (χ0n) is 9.79. The number of hydrogen-bond acceptors (Lipinski definition) is 1. The van der Waals surface area contributed by atoms with E-state index in [0.717, 1.165) is 0 Å². The summed E-state index contributed by atoms with van der Waals surface area (Å²) in [4.78, 5) is 0. The van der Waals surface area contributed by atoms with Crippen LogP contribution in [0, 0.1) is 0 Å². The molecule has 2 N–H and O–H groups in total. The van der Waals surface area contributed by atoms with Gasteiger partial charge in [0.15, 0.2) is 0 Å². The molecule has 0 saturated heterocycles. The summed E-state index contributed by atoms with van der Waals surface area (Å²) in [5.41, 5.74) is 8.17. The second-order valence-corrected chi connectivity index (χ2v) is 5.70. The van der Waals surface area contributed by atoms with Crippen LogP contribution in [-0.4, -0.2) is 0 Å². The highest BCUT2D eigenvalue weighted by atomic mass is 31.0. The molecule has 0 aliphatic heterocycles. The van der Waals surface area contributed by atoms with Crippen molar-refractivity contribution in [2.24, 2.45) is 5.73 Å². The third kappa shape index (κ3) is 3.59. The molecule has 1 aromatic carbocycles. The smallest absolute Gasteiger partial charge is 0.0178 e. The van der Waals surface area contributed by atoms with Gasteiger partial charge in [-0.05, 0) is 17.5 Å². The highest BCUT2D eigenvalue weighted by molar-refractivity contribution is 7.18. The molecule has 1 rings (SSSR count). The van der Waals surface area contributed by atoms with Crippen LogP contribution < -0.4 is 5.73 Å². The molecule has 1 aromatic rings. The van der Waals surface area contributed by atoms with Crippen LogP contribution in [0.25, 0.3) is 0 Å². The van der Waals surface area contributed by atoms with Gasteiger partial charge < -0.3 is 5.73 Å². The minimum atomic E-state index is 0.211. The molecule has 2 heteroatoms. The number of benzene rings is 1. The summed E-state index contributed by atoms with van der Waals surface area (Å²) in [6, 6.07) is 8.66. The van der Waals surface area contributed by atoms with E-state index in [9.17, 15) is 0 Å². The van der Waals surface area contributed by atoms with Crippen LogP contribution in [0.1, 0.15) is 44.2 Å². The average molecular weight is 223 g/mol. The van der Waals surface area contributed by atoms with Crippen LogP contribution in [0.2, 0.25) is 0 Å². The van der Waals surface area contributed by atoms with Crippen molar-refractivity contribution in [1.82, 2.24) is 0 Å². The van der Waals surface area contributed by atoms with Crippen molar-refractivity contribution in [3.63, 3.8) is 0 Å². The van der Waals surface area contributed by atoms with Gasteiger partial charge in [-0.25, -0.2) is 0 Å². The van der Waals surface area contributed by atoms with E-state index >= 15 is 0 Å². The Hall–Kier alpha value is -0.390. The maximum absolute atomic E-state index is 5.58. The first-order valence-corrected chi connectivity index (χ1v) is 6.26. The summed E-state index contributed by atoms with van der Waals surface area (Å²) in [7, 11) is 2.98. The first kappa shape index (κ1) is 12.7. The lowest BCUT2D eigenvalue weighted by Gasteiger charge is -2.25. The zero-order chi connectivity index (χ0) is 11.3. The summed E-state index contributed by atoms with van der Waals surface area (Å²) in [6.45, 7) is 5.14. The van der Waals surface area contributed by atoms with E-state index in [1.165, 1.54) is 30.4 Å². The molecule has 0 saturated carbocycles. The Morgan fingerprint density at radius 1 is 1.27 bits per heavy atom. The number of rotatable bonds is 5. The molecule has 0 fully saturated rings. The molecule has 1 nitrogen and oxygen atoms in total. The van der Waals surface area contributed by atoms with Gasteiger partial charge in [0.05, 0.1) is 0 Å². The van der Waals surface area contributed by atoms with Crippen LogP contribution in [0.4, 0.5) is 0 Å². The second kappa shape index (κ2) is 5.63. The average Bonchev–Trinajstić information content (AvgIpc) is 2.26. The molecule has 0 aromatic heterocycles. The quantitative estimate of drug-likeness (QED) is 0.760. The van der Waals surface area contributed by atoms with Crippen molar-refractivity contribution in [3.05, 3.63) is 35.4 Å². The van der Waals surface area contributed by atoms with E-state index < -0.39 is 0 Å². The fraction of sp³-hybridized carbons (Fsp3) is 0.538. The van der Waals surface area contributed by atoms with Crippen molar-refractivity contribution in [2.45, 2.75) is 44.8 Å². The van der Waals surface area contributed by atoms with E-state index in [1.807, 2.05) is 0 Å². The van der Waals surface area contributed by atoms with Crippen molar-refractivity contribution in [1.29, 1.82) is 0 Å². The monoisotopic (exact) mass is 223 g/mol. The Morgan fingerprint density at radius 3 is 2.33 bits per heavy atom. The van der Waals surface area contributed by atoms with Crippen molar-refractivity contribution in [3.8, 4) is 0 Å². The Bertz CT molecular complexity index is 290. The number of nitrogens with two attached hydrogens (primary N) is 1. The van der Waals surface area contributed by atoms with Crippen molar-refractivity contribution >= 4 is 9.24 Å². The maximum Gasteiger partial charge on any atom is 0.0178 e. The topological polar surface area (TPSA) is 26.0 Å². The fourth-order valence-electron chi connectivity index (χ4n) is 1.71. The maximum atomic E-state index is 5.58. The minimum Gasteiger partial charge on any atom is -0.326 e. The Morgan fingerprint density at radius 2 is 1.87 bits per heavy atom. The van der Waals surface area contributed by atoms with Gasteiger partial charge >= 0.3 is 0 Å². The predicted molar refractivity (Wildman–Crippen MR) is 70.9 cm³/mol. The molecule has 0 aliphatic rings. The van der Waals surface area contributed by atoms with E-state index in [-0.39, 0.29) is 5.16 Å². The van der Waals surface area contributed by atoms with Crippen LogP contribution in [0.3, 0.4) is 0 Å². The van der Waals surface area contributed by atoms with Gasteiger partial charge in [0.2, 0.25) is 0 Å². The van der Waals surface area contributed by atoms with Crippen LogP contribution in [-0.2, 0) is 11.7 Å². The van der Waals surface area contributed by atoms with Gasteiger partial charge in [0, 0.05) is 11.7 Å². The van der Waals surface area contributed by atoms with Crippen LogP contribution in [0.15, 0.2) is 24.3 Å². The molecule has 84 valence electrons. The minimum absolute atomic E-state index is 0.211. The fourth-order valence-corrected chi connectivity index (χ4v) is 2.11. The first-order valence-electron chi connectivity index (χ1n) is 5.68. The summed E-state index contributed by atoms with van der Waals surface area (Å²) >= 11 is 0. The predicted octanol–water partition coefficient (Wildman–Crippen LogP) is 3.43. The standard InChI is InChI=1S/C13H22NP/c1-3-4-9-13(2,15)12-7-5-11(10-14)6-8-12/h5-8H,3-4,9-10,14-15H2,1-2H3. The van der Waals surface area contributed by atoms with Gasteiger partial charge in [-0.3, -0.25) is 0 Å². The molecule has 2 unspecified atom stereocenters. The van der Waals surface area contributed by atoms with Crippen molar-refractivity contribution in [2.75, 3.05) is 0 Å². The highest BCUT2D eigenvalue weighted by Gasteiger charge is 2.19. The summed E-state index contributed by atoms with van der Waals surface area (Å²) < 4.78 is 0. The number of unbranched alkanes of at least 4 members (excludes halogenated alkanes) is 1. The summed E-state index contributed by atoms with van der Waals surface area (Å²) in [5.74, 6) is 0. The van der Waals surface area contributed by atoms with Gasteiger partial charge in [0.25, 0.3) is 0 Å². The largest absolute Gasteiger partial charge is 0.326 e. The summed E-state index contributed by atoms with van der Waals surface area (Å²) in [5, 5.41) is 0.211. The molecule has 2 atom stereocenters. The summed E-state index contributed by atoms with van der Waals surface area (Å²) in [6.07, 6.45) is 3.75. The molecular formula is C13H22NP. The van der Waals surface area contributed by atoms with Crippen molar-refractivity contribution < 1.29 is 0 Å². The Kier molecular flexibility index (Phi) is 4.76. The molecule has 0 aliphatic carbocycles. The van der Waals surface area contributed by atoms with Gasteiger partial charge in [-0.2, -0.15) is 0 Å².